The fourth-order valence-electron chi connectivity index (χ4n) is 1.33. The van der Waals surface area contributed by atoms with Crippen molar-refractivity contribution in [3.8, 4) is 5.75 Å². The van der Waals surface area contributed by atoms with Gasteiger partial charge in [-0.25, -0.2) is 4.39 Å². The summed E-state index contributed by atoms with van der Waals surface area (Å²) in [6.45, 7) is 3.89. The summed E-state index contributed by atoms with van der Waals surface area (Å²) >= 11 is 0. The van der Waals surface area contributed by atoms with E-state index in [0.717, 1.165) is 12.0 Å². The highest BCUT2D eigenvalue weighted by Crippen LogP contribution is 2.30. The normalized spacial score (nSPS) is 14.9. The van der Waals surface area contributed by atoms with Crippen molar-refractivity contribution in [3.05, 3.63) is 29.6 Å². The highest BCUT2D eigenvalue weighted by molar-refractivity contribution is 5.38. The van der Waals surface area contributed by atoms with Gasteiger partial charge in [-0.05, 0) is 19.4 Å². The number of benzene rings is 1. The predicted molar refractivity (Wildman–Crippen MR) is 54.8 cm³/mol. The summed E-state index contributed by atoms with van der Waals surface area (Å²) in [5, 5.41) is 0. The predicted octanol–water partition coefficient (Wildman–Crippen LogP) is 2.42. The molecule has 0 saturated carbocycles. The number of rotatable bonds is 3. The van der Waals surface area contributed by atoms with Crippen molar-refractivity contribution in [2.24, 2.45) is 5.73 Å². The Hall–Kier alpha value is -1.09. The molecule has 0 spiro atoms. The van der Waals surface area contributed by atoms with E-state index in [-0.39, 0.29) is 5.82 Å². The topological polar surface area (TPSA) is 35.2 Å². The minimum Gasteiger partial charge on any atom is -0.496 e. The summed E-state index contributed by atoms with van der Waals surface area (Å²) in [4.78, 5) is 0. The Morgan fingerprint density at radius 3 is 2.64 bits per heavy atom. The molecular formula is C11H16FNO. The van der Waals surface area contributed by atoms with Crippen molar-refractivity contribution in [1.82, 2.24) is 0 Å². The molecule has 0 heterocycles. The number of hydrogen-bond donors (Lipinski definition) is 1. The number of nitrogens with two attached hydrogens (primary N) is 1. The fourth-order valence-corrected chi connectivity index (χ4v) is 1.33. The summed E-state index contributed by atoms with van der Waals surface area (Å²) in [6, 6.07) is 4.44. The van der Waals surface area contributed by atoms with Gasteiger partial charge in [0.25, 0.3) is 0 Å². The molecule has 0 bridgehead atoms. The van der Waals surface area contributed by atoms with Crippen LogP contribution >= 0.6 is 0 Å². The third-order valence-electron chi connectivity index (χ3n) is 2.51. The Bertz CT molecular complexity index is 323. The molecule has 0 aliphatic heterocycles. The lowest BCUT2D eigenvalue weighted by Gasteiger charge is -2.25. The Balaban J connectivity index is 3.20. The summed E-state index contributed by atoms with van der Waals surface area (Å²) in [7, 11) is 1.52. The molecule has 0 amide bonds. The smallest absolute Gasteiger partial charge is 0.126 e. The van der Waals surface area contributed by atoms with Gasteiger partial charge < -0.3 is 10.5 Å². The maximum Gasteiger partial charge on any atom is 0.126 e. The molecule has 1 aromatic rings. The monoisotopic (exact) mass is 197 g/mol. The molecule has 0 aliphatic carbocycles. The summed E-state index contributed by atoms with van der Waals surface area (Å²) in [5.41, 5.74) is 6.43. The number of halogens is 1. The molecule has 0 radical (unpaired) electrons. The molecule has 3 heteroatoms. The zero-order valence-electron chi connectivity index (χ0n) is 8.80. The van der Waals surface area contributed by atoms with Crippen molar-refractivity contribution in [2.45, 2.75) is 25.8 Å². The first kappa shape index (κ1) is 11.0. The molecule has 0 aliphatic rings. The van der Waals surface area contributed by atoms with E-state index in [1.807, 2.05) is 13.8 Å². The van der Waals surface area contributed by atoms with E-state index in [2.05, 4.69) is 0 Å². The van der Waals surface area contributed by atoms with Crippen molar-refractivity contribution in [1.29, 1.82) is 0 Å². The van der Waals surface area contributed by atoms with Crippen LogP contribution in [0.25, 0.3) is 0 Å². The van der Waals surface area contributed by atoms with Crippen LogP contribution in [0.4, 0.5) is 4.39 Å². The summed E-state index contributed by atoms with van der Waals surface area (Å²) < 4.78 is 18.0. The second kappa shape index (κ2) is 3.96. The molecule has 2 nitrogen and oxygen atoms in total. The van der Waals surface area contributed by atoms with Crippen LogP contribution in [0.15, 0.2) is 18.2 Å². The molecule has 0 fully saturated rings. The van der Waals surface area contributed by atoms with Gasteiger partial charge in [0.1, 0.15) is 11.6 Å². The molecule has 0 saturated heterocycles. The number of methoxy groups -OCH3 is 1. The van der Waals surface area contributed by atoms with Crippen LogP contribution < -0.4 is 10.5 Å². The summed E-state index contributed by atoms with van der Waals surface area (Å²) in [5.74, 6) is 0.203. The van der Waals surface area contributed by atoms with Gasteiger partial charge in [0.05, 0.1) is 7.11 Å². The highest BCUT2D eigenvalue weighted by atomic mass is 19.1. The lowest BCUT2D eigenvalue weighted by atomic mass is 9.90. The standard InChI is InChI=1S/C11H16FNO/c1-4-11(2,13)9-6-5-8(12)7-10(9)14-3/h5-7H,4,13H2,1-3H3. The highest BCUT2D eigenvalue weighted by Gasteiger charge is 2.22. The largest absolute Gasteiger partial charge is 0.496 e. The molecule has 1 rings (SSSR count). The van der Waals surface area contributed by atoms with Crippen molar-refractivity contribution in [2.75, 3.05) is 7.11 Å². The van der Waals surface area contributed by atoms with Crippen molar-refractivity contribution in [3.63, 3.8) is 0 Å². The average Bonchev–Trinajstić information content (AvgIpc) is 2.17. The maximum atomic E-state index is 12.9. The first-order valence-corrected chi connectivity index (χ1v) is 4.64. The Morgan fingerprint density at radius 1 is 1.50 bits per heavy atom. The Labute approximate surface area is 83.9 Å². The minimum absolute atomic E-state index is 0.308. The van der Waals surface area contributed by atoms with Gasteiger partial charge in [0.15, 0.2) is 0 Å². The van der Waals surface area contributed by atoms with E-state index in [1.54, 1.807) is 6.07 Å². The quantitative estimate of drug-likeness (QED) is 0.807. The first-order valence-electron chi connectivity index (χ1n) is 4.64. The van der Waals surface area contributed by atoms with Gasteiger partial charge in [0.2, 0.25) is 0 Å². The van der Waals surface area contributed by atoms with Crippen LogP contribution in [0.5, 0.6) is 5.75 Å². The Kier molecular flexibility index (Phi) is 3.11. The van der Waals surface area contributed by atoms with Crippen molar-refractivity contribution < 1.29 is 9.13 Å². The van der Waals surface area contributed by atoms with Crippen LogP contribution in [0.2, 0.25) is 0 Å². The van der Waals surface area contributed by atoms with Crippen LogP contribution in [0.3, 0.4) is 0 Å². The minimum atomic E-state index is -0.473. The zero-order chi connectivity index (χ0) is 10.8. The van der Waals surface area contributed by atoms with E-state index in [1.165, 1.54) is 19.2 Å². The van der Waals surface area contributed by atoms with Gasteiger partial charge in [-0.2, -0.15) is 0 Å². The molecule has 1 atom stereocenters. The third kappa shape index (κ3) is 2.04. The molecule has 2 N–H and O–H groups in total. The summed E-state index contributed by atoms with van der Waals surface area (Å²) in [6.07, 6.45) is 0.773. The molecule has 1 aromatic carbocycles. The molecule has 14 heavy (non-hydrogen) atoms. The molecule has 78 valence electrons. The Morgan fingerprint density at radius 2 is 2.14 bits per heavy atom. The van der Waals surface area contributed by atoms with E-state index >= 15 is 0 Å². The third-order valence-corrected chi connectivity index (χ3v) is 2.51. The lowest BCUT2D eigenvalue weighted by molar-refractivity contribution is 0.380. The van der Waals surface area contributed by atoms with E-state index in [4.69, 9.17) is 10.5 Å². The molecule has 0 aromatic heterocycles. The van der Waals surface area contributed by atoms with Gasteiger partial charge in [-0.1, -0.05) is 13.0 Å². The van der Waals surface area contributed by atoms with Gasteiger partial charge in [-0.15, -0.1) is 0 Å². The van der Waals surface area contributed by atoms with Crippen LogP contribution in [-0.2, 0) is 5.54 Å². The van der Waals surface area contributed by atoms with Crippen LogP contribution in [0.1, 0.15) is 25.8 Å². The zero-order valence-corrected chi connectivity index (χ0v) is 8.80. The number of ether oxygens (including phenoxy) is 1. The fraction of sp³-hybridized carbons (Fsp3) is 0.455. The van der Waals surface area contributed by atoms with Gasteiger partial charge in [0, 0.05) is 17.2 Å². The van der Waals surface area contributed by atoms with Gasteiger partial charge >= 0.3 is 0 Å². The lowest BCUT2D eigenvalue weighted by Crippen LogP contribution is -2.32. The van der Waals surface area contributed by atoms with Crippen LogP contribution in [0, 0.1) is 5.82 Å². The van der Waals surface area contributed by atoms with E-state index in [9.17, 15) is 4.39 Å². The van der Waals surface area contributed by atoms with Crippen molar-refractivity contribution >= 4 is 0 Å². The molecule has 1 unspecified atom stereocenters. The SMILES string of the molecule is CCC(C)(N)c1ccc(F)cc1OC. The van der Waals surface area contributed by atoms with E-state index in [0.29, 0.717) is 5.75 Å². The van der Waals surface area contributed by atoms with E-state index < -0.39 is 5.54 Å². The first-order chi connectivity index (χ1) is 6.51. The second-order valence-corrected chi connectivity index (χ2v) is 3.62. The van der Waals surface area contributed by atoms with Gasteiger partial charge in [-0.3, -0.25) is 0 Å². The number of hydrogen-bond acceptors (Lipinski definition) is 2. The van der Waals surface area contributed by atoms with Crippen LogP contribution in [-0.4, -0.2) is 7.11 Å². The molecular weight excluding hydrogens is 181 g/mol. The maximum absolute atomic E-state index is 12.9. The average molecular weight is 197 g/mol. The second-order valence-electron chi connectivity index (χ2n) is 3.62.